The standard InChI is InChI=1S/C11H18N2OS/c1-3-9-4-13-10(15-9)5-12-6-11(2)7-14-8-11/h4,12H,3,5-8H2,1-2H3. The van der Waals surface area contributed by atoms with Crippen LogP contribution in [0.25, 0.3) is 0 Å². The van der Waals surface area contributed by atoms with Crippen LogP contribution in [-0.2, 0) is 17.7 Å². The lowest BCUT2D eigenvalue weighted by molar-refractivity contribution is -0.0991. The van der Waals surface area contributed by atoms with Crippen LogP contribution in [0.1, 0.15) is 23.7 Å². The molecule has 0 atom stereocenters. The maximum absolute atomic E-state index is 5.21. The molecule has 0 aromatic carbocycles. The van der Waals surface area contributed by atoms with Crippen LogP contribution < -0.4 is 5.32 Å². The van der Waals surface area contributed by atoms with Gasteiger partial charge in [-0.25, -0.2) is 4.98 Å². The monoisotopic (exact) mass is 226 g/mol. The van der Waals surface area contributed by atoms with Gasteiger partial charge in [0.15, 0.2) is 0 Å². The first-order valence-corrected chi connectivity index (χ1v) is 6.25. The highest BCUT2D eigenvalue weighted by Crippen LogP contribution is 2.25. The number of nitrogens with one attached hydrogen (secondary N) is 1. The van der Waals surface area contributed by atoms with Gasteiger partial charge in [-0.3, -0.25) is 0 Å². The Morgan fingerprint density at radius 2 is 2.40 bits per heavy atom. The minimum Gasteiger partial charge on any atom is -0.380 e. The molecule has 84 valence electrons. The molecule has 0 unspecified atom stereocenters. The molecule has 1 aromatic rings. The molecule has 0 radical (unpaired) electrons. The lowest BCUT2D eigenvalue weighted by atomic mass is 9.89. The smallest absolute Gasteiger partial charge is 0.107 e. The predicted molar refractivity (Wildman–Crippen MR) is 62.1 cm³/mol. The van der Waals surface area contributed by atoms with Gasteiger partial charge < -0.3 is 10.1 Å². The molecule has 1 aliphatic heterocycles. The van der Waals surface area contributed by atoms with Crippen LogP contribution in [0.5, 0.6) is 0 Å². The molecule has 1 saturated heterocycles. The largest absolute Gasteiger partial charge is 0.380 e. The highest BCUT2D eigenvalue weighted by Gasteiger charge is 2.32. The zero-order valence-corrected chi connectivity index (χ0v) is 10.2. The maximum Gasteiger partial charge on any atom is 0.107 e. The molecule has 4 heteroatoms. The van der Waals surface area contributed by atoms with Gasteiger partial charge >= 0.3 is 0 Å². The molecule has 2 heterocycles. The first kappa shape index (κ1) is 11.0. The number of hydrogen-bond acceptors (Lipinski definition) is 4. The third kappa shape index (κ3) is 2.77. The Balaban J connectivity index is 1.73. The molecule has 15 heavy (non-hydrogen) atoms. The minimum atomic E-state index is 0.352. The number of hydrogen-bond donors (Lipinski definition) is 1. The topological polar surface area (TPSA) is 34.2 Å². The van der Waals surface area contributed by atoms with Crippen molar-refractivity contribution in [2.75, 3.05) is 19.8 Å². The Morgan fingerprint density at radius 1 is 1.60 bits per heavy atom. The van der Waals surface area contributed by atoms with Gasteiger partial charge in [-0.15, -0.1) is 11.3 Å². The van der Waals surface area contributed by atoms with E-state index < -0.39 is 0 Å². The molecular formula is C11H18N2OS. The van der Waals surface area contributed by atoms with Gasteiger partial charge in [0.05, 0.1) is 13.2 Å². The lowest BCUT2D eigenvalue weighted by Crippen LogP contribution is -2.47. The first-order valence-electron chi connectivity index (χ1n) is 5.44. The molecular weight excluding hydrogens is 208 g/mol. The summed E-state index contributed by atoms with van der Waals surface area (Å²) < 4.78 is 5.21. The number of thiazole rings is 1. The maximum atomic E-state index is 5.21. The summed E-state index contributed by atoms with van der Waals surface area (Å²) in [6, 6.07) is 0. The van der Waals surface area contributed by atoms with Crippen LogP contribution in [0.3, 0.4) is 0 Å². The Labute approximate surface area is 94.9 Å². The van der Waals surface area contributed by atoms with E-state index in [9.17, 15) is 0 Å². The average molecular weight is 226 g/mol. The van der Waals surface area contributed by atoms with Gasteiger partial charge in [0.1, 0.15) is 5.01 Å². The fraction of sp³-hybridized carbons (Fsp3) is 0.727. The minimum absolute atomic E-state index is 0.352. The highest BCUT2D eigenvalue weighted by atomic mass is 32.1. The quantitative estimate of drug-likeness (QED) is 0.831. The molecule has 1 aromatic heterocycles. The van der Waals surface area contributed by atoms with Crippen LogP contribution in [0, 0.1) is 5.41 Å². The normalized spacial score (nSPS) is 18.8. The molecule has 0 saturated carbocycles. The lowest BCUT2D eigenvalue weighted by Gasteiger charge is -2.38. The number of nitrogens with zero attached hydrogens (tertiary/aromatic N) is 1. The van der Waals surface area contributed by atoms with Gasteiger partial charge in [0.2, 0.25) is 0 Å². The van der Waals surface area contributed by atoms with Crippen LogP contribution >= 0.6 is 11.3 Å². The molecule has 1 aliphatic rings. The van der Waals surface area contributed by atoms with Gasteiger partial charge in [-0.05, 0) is 6.42 Å². The van der Waals surface area contributed by atoms with Gasteiger partial charge in [0, 0.05) is 29.6 Å². The van der Waals surface area contributed by atoms with Crippen molar-refractivity contribution in [1.82, 2.24) is 10.3 Å². The summed E-state index contributed by atoms with van der Waals surface area (Å²) in [7, 11) is 0. The first-order chi connectivity index (χ1) is 7.22. The van der Waals surface area contributed by atoms with Gasteiger partial charge in [0.25, 0.3) is 0 Å². The third-order valence-electron chi connectivity index (χ3n) is 2.68. The van der Waals surface area contributed by atoms with Gasteiger partial charge in [-0.2, -0.15) is 0 Å². The van der Waals surface area contributed by atoms with Crippen LogP contribution in [0.15, 0.2) is 6.20 Å². The fourth-order valence-electron chi connectivity index (χ4n) is 1.62. The van der Waals surface area contributed by atoms with Crippen LogP contribution in [0.2, 0.25) is 0 Å². The summed E-state index contributed by atoms with van der Waals surface area (Å²) in [6.45, 7) is 8.10. The molecule has 1 fully saturated rings. The van der Waals surface area contributed by atoms with Crippen molar-refractivity contribution in [3.8, 4) is 0 Å². The van der Waals surface area contributed by atoms with Crippen molar-refractivity contribution >= 4 is 11.3 Å². The van der Waals surface area contributed by atoms with Crippen molar-refractivity contribution in [3.05, 3.63) is 16.1 Å². The van der Waals surface area contributed by atoms with Crippen molar-refractivity contribution in [3.63, 3.8) is 0 Å². The average Bonchev–Trinajstić information content (AvgIpc) is 2.63. The van der Waals surface area contributed by atoms with Crippen LogP contribution in [-0.4, -0.2) is 24.7 Å². The molecule has 0 aliphatic carbocycles. The van der Waals surface area contributed by atoms with E-state index in [1.54, 1.807) is 11.3 Å². The molecule has 1 N–H and O–H groups in total. The zero-order chi connectivity index (χ0) is 10.7. The van der Waals surface area contributed by atoms with E-state index in [0.717, 1.165) is 32.7 Å². The van der Waals surface area contributed by atoms with Crippen molar-refractivity contribution in [2.24, 2.45) is 5.41 Å². The number of aromatic nitrogens is 1. The summed E-state index contributed by atoms with van der Waals surface area (Å²) in [5.74, 6) is 0. The number of ether oxygens (including phenoxy) is 1. The van der Waals surface area contributed by atoms with Gasteiger partial charge in [-0.1, -0.05) is 13.8 Å². The molecule has 0 bridgehead atoms. The Kier molecular flexibility index (Phi) is 3.38. The van der Waals surface area contributed by atoms with Crippen molar-refractivity contribution in [2.45, 2.75) is 26.8 Å². The second-order valence-corrected chi connectivity index (χ2v) is 5.68. The fourth-order valence-corrected chi connectivity index (χ4v) is 2.45. The van der Waals surface area contributed by atoms with E-state index in [1.165, 1.54) is 9.88 Å². The van der Waals surface area contributed by atoms with Crippen molar-refractivity contribution in [1.29, 1.82) is 0 Å². The Hall–Kier alpha value is -0.450. The second-order valence-electron chi connectivity index (χ2n) is 4.48. The summed E-state index contributed by atoms with van der Waals surface area (Å²) in [5, 5.41) is 4.64. The molecule has 0 amide bonds. The SMILES string of the molecule is CCc1cnc(CNCC2(C)COC2)s1. The van der Waals surface area contributed by atoms with E-state index in [2.05, 4.69) is 24.1 Å². The summed E-state index contributed by atoms with van der Waals surface area (Å²) in [4.78, 5) is 5.74. The molecule has 3 nitrogen and oxygen atoms in total. The Morgan fingerprint density at radius 3 is 2.93 bits per heavy atom. The Bertz CT molecular complexity index is 320. The highest BCUT2D eigenvalue weighted by molar-refractivity contribution is 7.11. The third-order valence-corrected chi connectivity index (χ3v) is 3.82. The summed E-state index contributed by atoms with van der Waals surface area (Å²) in [5.41, 5.74) is 0.352. The van der Waals surface area contributed by atoms with E-state index >= 15 is 0 Å². The number of rotatable bonds is 5. The molecule has 2 rings (SSSR count). The summed E-state index contributed by atoms with van der Waals surface area (Å²) >= 11 is 1.80. The van der Waals surface area contributed by atoms with E-state index in [-0.39, 0.29) is 0 Å². The van der Waals surface area contributed by atoms with Crippen molar-refractivity contribution < 1.29 is 4.74 Å². The summed E-state index contributed by atoms with van der Waals surface area (Å²) in [6.07, 6.45) is 3.07. The van der Waals surface area contributed by atoms with E-state index in [4.69, 9.17) is 4.74 Å². The van der Waals surface area contributed by atoms with E-state index in [1.807, 2.05) is 6.20 Å². The van der Waals surface area contributed by atoms with Crippen LogP contribution in [0.4, 0.5) is 0 Å². The van der Waals surface area contributed by atoms with E-state index in [0.29, 0.717) is 5.41 Å². The predicted octanol–water partition coefficient (Wildman–Crippen LogP) is 1.83. The number of aryl methyl sites for hydroxylation is 1. The second kappa shape index (κ2) is 4.60. The molecule has 0 spiro atoms. The zero-order valence-electron chi connectivity index (χ0n) is 9.38.